The largest absolute Gasteiger partial charge is 0.481 e. The van der Waals surface area contributed by atoms with Gasteiger partial charge in [-0.3, -0.25) is 14.7 Å². The molecule has 17 heavy (non-hydrogen) atoms. The van der Waals surface area contributed by atoms with Crippen LogP contribution in [0, 0.1) is 5.92 Å². The highest BCUT2D eigenvalue weighted by atomic mass is 16.4. The second-order valence-corrected chi connectivity index (χ2v) is 4.37. The fourth-order valence-electron chi connectivity index (χ4n) is 1.59. The van der Waals surface area contributed by atoms with Gasteiger partial charge >= 0.3 is 5.97 Å². The Balaban J connectivity index is 1.78. The van der Waals surface area contributed by atoms with Crippen LogP contribution < -0.4 is 5.32 Å². The number of carboxylic acid groups (broad SMARTS) is 1. The third-order valence-corrected chi connectivity index (χ3v) is 2.67. The number of nitrogens with zero attached hydrogens (tertiary/aromatic N) is 1. The highest BCUT2D eigenvalue weighted by Gasteiger charge is 2.22. The van der Waals surface area contributed by atoms with Gasteiger partial charge in [0.2, 0.25) is 5.91 Å². The van der Waals surface area contributed by atoms with E-state index in [1.165, 1.54) is 12.8 Å². The van der Waals surface area contributed by atoms with E-state index < -0.39 is 5.97 Å². The van der Waals surface area contributed by atoms with Crippen molar-refractivity contribution in [3.05, 3.63) is 11.8 Å². The van der Waals surface area contributed by atoms with Crippen molar-refractivity contribution in [2.45, 2.75) is 32.1 Å². The summed E-state index contributed by atoms with van der Waals surface area (Å²) in [5.41, 5.74) is 1.01. The van der Waals surface area contributed by atoms with Crippen molar-refractivity contribution in [3.8, 4) is 0 Å². The Kier molecular flexibility index (Phi) is 3.41. The molecule has 0 bridgehead atoms. The molecule has 1 amide bonds. The SMILES string of the molecule is O=C(O)CCC(=O)Nc1cc(CC2CC2)[nH]n1. The van der Waals surface area contributed by atoms with E-state index in [1.54, 1.807) is 6.07 Å². The number of carbonyl (C=O) groups is 2. The second kappa shape index (κ2) is 4.99. The van der Waals surface area contributed by atoms with Crippen molar-refractivity contribution in [2.75, 3.05) is 5.32 Å². The lowest BCUT2D eigenvalue weighted by molar-refractivity contribution is -0.138. The predicted octanol–water partition coefficient (Wildman–Crippen LogP) is 1.17. The number of aromatic nitrogens is 2. The van der Waals surface area contributed by atoms with E-state index in [0.717, 1.165) is 18.0 Å². The minimum atomic E-state index is -0.975. The highest BCUT2D eigenvalue weighted by molar-refractivity contribution is 5.91. The smallest absolute Gasteiger partial charge is 0.303 e. The zero-order valence-corrected chi connectivity index (χ0v) is 9.40. The number of carboxylic acids is 1. The molecule has 1 aromatic heterocycles. The Morgan fingerprint density at radius 2 is 2.24 bits per heavy atom. The first kappa shape index (κ1) is 11.6. The van der Waals surface area contributed by atoms with E-state index >= 15 is 0 Å². The van der Waals surface area contributed by atoms with E-state index in [2.05, 4.69) is 15.5 Å². The molecule has 1 aromatic rings. The first-order valence-electron chi connectivity index (χ1n) is 5.69. The van der Waals surface area contributed by atoms with Crippen LogP contribution in [0.25, 0.3) is 0 Å². The summed E-state index contributed by atoms with van der Waals surface area (Å²) in [5.74, 6) is -0.0736. The van der Waals surface area contributed by atoms with E-state index in [9.17, 15) is 9.59 Å². The van der Waals surface area contributed by atoms with Crippen LogP contribution in [-0.2, 0) is 16.0 Å². The summed E-state index contributed by atoms with van der Waals surface area (Å²) in [7, 11) is 0. The van der Waals surface area contributed by atoms with Crippen LogP contribution in [0.5, 0.6) is 0 Å². The van der Waals surface area contributed by atoms with Gasteiger partial charge in [0.15, 0.2) is 5.82 Å². The van der Waals surface area contributed by atoms with Crippen LogP contribution in [0.3, 0.4) is 0 Å². The number of aliphatic carboxylic acids is 1. The van der Waals surface area contributed by atoms with Gasteiger partial charge in [0, 0.05) is 18.2 Å². The molecule has 3 N–H and O–H groups in total. The predicted molar refractivity (Wildman–Crippen MR) is 60.5 cm³/mol. The lowest BCUT2D eigenvalue weighted by Gasteiger charge is -1.98. The molecule has 0 aromatic carbocycles. The van der Waals surface area contributed by atoms with Gasteiger partial charge in [0.05, 0.1) is 6.42 Å². The molecule has 1 aliphatic carbocycles. The fraction of sp³-hybridized carbons (Fsp3) is 0.545. The molecule has 1 aliphatic rings. The van der Waals surface area contributed by atoms with Gasteiger partial charge in [0.25, 0.3) is 0 Å². The zero-order chi connectivity index (χ0) is 12.3. The number of rotatable bonds is 6. The molecule has 0 unspecified atom stereocenters. The standard InChI is InChI=1S/C11H15N3O3/c15-10(3-4-11(16)17)12-9-6-8(13-14-9)5-7-1-2-7/h6-7H,1-5H2,(H,16,17)(H2,12,13,14,15). The third-order valence-electron chi connectivity index (χ3n) is 2.67. The van der Waals surface area contributed by atoms with Gasteiger partial charge in [-0.05, 0) is 25.2 Å². The van der Waals surface area contributed by atoms with Crippen LogP contribution in [0.2, 0.25) is 0 Å². The number of H-pyrrole nitrogens is 1. The minimum absolute atomic E-state index is 0.0276. The quantitative estimate of drug-likeness (QED) is 0.692. The molecule has 0 radical (unpaired) electrons. The normalized spacial score (nSPS) is 14.6. The van der Waals surface area contributed by atoms with Crippen LogP contribution >= 0.6 is 0 Å². The van der Waals surface area contributed by atoms with Gasteiger partial charge in [-0.2, -0.15) is 5.10 Å². The number of aromatic amines is 1. The maximum absolute atomic E-state index is 11.3. The van der Waals surface area contributed by atoms with Crippen molar-refractivity contribution in [2.24, 2.45) is 5.92 Å². The van der Waals surface area contributed by atoms with Crippen molar-refractivity contribution in [3.63, 3.8) is 0 Å². The second-order valence-electron chi connectivity index (χ2n) is 4.37. The summed E-state index contributed by atoms with van der Waals surface area (Å²) in [6, 6.07) is 1.80. The summed E-state index contributed by atoms with van der Waals surface area (Å²) in [4.78, 5) is 21.6. The Hall–Kier alpha value is -1.85. The van der Waals surface area contributed by atoms with Crippen LogP contribution in [0.1, 0.15) is 31.4 Å². The van der Waals surface area contributed by atoms with Crippen molar-refractivity contribution >= 4 is 17.7 Å². The first-order valence-corrected chi connectivity index (χ1v) is 5.69. The molecule has 1 heterocycles. The molecular weight excluding hydrogens is 222 g/mol. The fourth-order valence-corrected chi connectivity index (χ4v) is 1.59. The van der Waals surface area contributed by atoms with Gasteiger partial charge in [-0.25, -0.2) is 0 Å². The van der Waals surface area contributed by atoms with E-state index in [1.807, 2.05) is 0 Å². The Morgan fingerprint density at radius 3 is 2.88 bits per heavy atom. The zero-order valence-electron chi connectivity index (χ0n) is 9.40. The molecule has 6 heteroatoms. The topological polar surface area (TPSA) is 95.1 Å². The van der Waals surface area contributed by atoms with Gasteiger partial charge in [-0.1, -0.05) is 0 Å². The summed E-state index contributed by atoms with van der Waals surface area (Å²) in [5, 5.41) is 17.8. The van der Waals surface area contributed by atoms with Crippen LogP contribution in [0.15, 0.2) is 6.07 Å². The lowest BCUT2D eigenvalue weighted by Crippen LogP contribution is -2.13. The van der Waals surface area contributed by atoms with Gasteiger partial charge < -0.3 is 10.4 Å². The molecular formula is C11H15N3O3. The number of nitrogens with one attached hydrogen (secondary N) is 2. The molecule has 1 saturated carbocycles. The van der Waals surface area contributed by atoms with E-state index in [0.29, 0.717) is 5.82 Å². The van der Waals surface area contributed by atoms with Crippen molar-refractivity contribution < 1.29 is 14.7 Å². The number of anilines is 1. The summed E-state index contributed by atoms with van der Waals surface area (Å²) in [6.07, 6.45) is 3.31. The Morgan fingerprint density at radius 1 is 1.47 bits per heavy atom. The van der Waals surface area contributed by atoms with Gasteiger partial charge in [0.1, 0.15) is 0 Å². The molecule has 0 spiro atoms. The maximum atomic E-state index is 11.3. The highest BCUT2D eigenvalue weighted by Crippen LogP contribution is 2.32. The molecule has 0 atom stereocenters. The minimum Gasteiger partial charge on any atom is -0.481 e. The molecule has 0 saturated heterocycles. The average Bonchev–Trinajstić information content (AvgIpc) is 2.96. The molecule has 2 rings (SSSR count). The summed E-state index contributed by atoms with van der Waals surface area (Å²) < 4.78 is 0. The average molecular weight is 237 g/mol. The third kappa shape index (κ3) is 3.90. The molecule has 1 fully saturated rings. The molecule has 0 aliphatic heterocycles. The Labute approximate surface area is 98.4 Å². The number of amides is 1. The Bertz CT molecular complexity index is 423. The van der Waals surface area contributed by atoms with Crippen LogP contribution in [0.4, 0.5) is 5.82 Å². The van der Waals surface area contributed by atoms with Crippen molar-refractivity contribution in [1.29, 1.82) is 0 Å². The van der Waals surface area contributed by atoms with Crippen LogP contribution in [-0.4, -0.2) is 27.2 Å². The molecule has 92 valence electrons. The monoisotopic (exact) mass is 237 g/mol. The van der Waals surface area contributed by atoms with E-state index in [-0.39, 0.29) is 18.7 Å². The molecule has 6 nitrogen and oxygen atoms in total. The van der Waals surface area contributed by atoms with E-state index in [4.69, 9.17) is 5.11 Å². The summed E-state index contributed by atoms with van der Waals surface area (Å²) >= 11 is 0. The number of hydrogen-bond acceptors (Lipinski definition) is 3. The summed E-state index contributed by atoms with van der Waals surface area (Å²) in [6.45, 7) is 0. The number of carbonyl (C=O) groups excluding carboxylic acids is 1. The first-order chi connectivity index (χ1) is 8.13. The maximum Gasteiger partial charge on any atom is 0.303 e. The number of hydrogen-bond donors (Lipinski definition) is 3. The van der Waals surface area contributed by atoms with Gasteiger partial charge in [-0.15, -0.1) is 0 Å². The lowest BCUT2D eigenvalue weighted by atomic mass is 10.2. The van der Waals surface area contributed by atoms with Crippen molar-refractivity contribution in [1.82, 2.24) is 10.2 Å².